The van der Waals surface area contributed by atoms with Crippen molar-refractivity contribution in [3.8, 4) is 5.75 Å². The first-order valence-corrected chi connectivity index (χ1v) is 8.36. The van der Waals surface area contributed by atoms with E-state index in [4.69, 9.17) is 4.74 Å². The number of nitrogens with zero attached hydrogens (tertiary/aromatic N) is 1. The van der Waals surface area contributed by atoms with Crippen LogP contribution in [0.2, 0.25) is 0 Å². The van der Waals surface area contributed by atoms with Gasteiger partial charge in [-0.3, -0.25) is 0 Å². The van der Waals surface area contributed by atoms with Gasteiger partial charge in [-0.15, -0.1) is 0 Å². The second-order valence-electron chi connectivity index (χ2n) is 5.21. The van der Waals surface area contributed by atoms with E-state index < -0.39 is 0 Å². The lowest BCUT2D eigenvalue weighted by atomic mass is 10.0. The zero-order valence-corrected chi connectivity index (χ0v) is 14.2. The van der Waals surface area contributed by atoms with E-state index in [1.54, 1.807) is 7.11 Å². The third-order valence-electron chi connectivity index (χ3n) is 3.26. The number of thioether (sulfide) groups is 1. The molecule has 1 atom stereocenters. The zero-order valence-electron chi connectivity index (χ0n) is 13.4. The van der Waals surface area contributed by atoms with Crippen LogP contribution >= 0.6 is 11.8 Å². The summed E-state index contributed by atoms with van der Waals surface area (Å²) in [7, 11) is 5.97. The van der Waals surface area contributed by atoms with Gasteiger partial charge in [0.15, 0.2) is 0 Å². The van der Waals surface area contributed by atoms with Crippen LogP contribution in [0, 0.1) is 0 Å². The minimum atomic E-state index is 0.386. The molecule has 1 aromatic carbocycles. The van der Waals surface area contributed by atoms with Gasteiger partial charge in [-0.2, -0.15) is 11.8 Å². The van der Waals surface area contributed by atoms with Gasteiger partial charge in [-0.1, -0.05) is 13.0 Å². The zero-order chi connectivity index (χ0) is 15.0. The van der Waals surface area contributed by atoms with E-state index >= 15 is 0 Å². The molecule has 0 saturated heterocycles. The smallest absolute Gasteiger partial charge is 0.122 e. The molecule has 0 bridgehead atoms. The van der Waals surface area contributed by atoms with Crippen molar-refractivity contribution in [1.29, 1.82) is 0 Å². The number of ether oxygens (including phenoxy) is 1. The van der Waals surface area contributed by atoms with Crippen molar-refractivity contribution >= 4 is 11.8 Å². The molecule has 1 aromatic rings. The monoisotopic (exact) mass is 296 g/mol. The molecule has 20 heavy (non-hydrogen) atoms. The molecule has 1 rings (SSSR count). The number of nitrogens with one attached hydrogen (secondary N) is 1. The maximum Gasteiger partial charge on any atom is 0.122 e. The first kappa shape index (κ1) is 17.3. The van der Waals surface area contributed by atoms with Crippen molar-refractivity contribution < 1.29 is 4.74 Å². The first-order valence-electron chi connectivity index (χ1n) is 7.21. The number of hydrogen-bond acceptors (Lipinski definition) is 4. The molecule has 0 radical (unpaired) electrons. The predicted molar refractivity (Wildman–Crippen MR) is 89.8 cm³/mol. The van der Waals surface area contributed by atoms with E-state index in [2.05, 4.69) is 56.4 Å². The molecule has 4 heteroatoms. The Morgan fingerprint density at radius 3 is 2.70 bits per heavy atom. The Hall–Kier alpha value is -0.710. The highest BCUT2D eigenvalue weighted by Crippen LogP contribution is 2.26. The lowest BCUT2D eigenvalue weighted by molar-refractivity contribution is 0.411. The van der Waals surface area contributed by atoms with Crippen LogP contribution in [0.3, 0.4) is 0 Å². The number of methoxy groups -OCH3 is 1. The van der Waals surface area contributed by atoms with Crippen LogP contribution in [0.5, 0.6) is 5.75 Å². The van der Waals surface area contributed by atoms with Gasteiger partial charge in [0.25, 0.3) is 0 Å². The van der Waals surface area contributed by atoms with E-state index in [0.29, 0.717) is 6.04 Å². The normalized spacial score (nSPS) is 12.7. The van der Waals surface area contributed by atoms with Gasteiger partial charge in [-0.25, -0.2) is 0 Å². The van der Waals surface area contributed by atoms with Crippen molar-refractivity contribution in [2.45, 2.75) is 25.6 Å². The molecule has 0 spiro atoms. The molecule has 0 amide bonds. The van der Waals surface area contributed by atoms with E-state index in [1.807, 2.05) is 11.8 Å². The molecule has 0 aliphatic rings. The topological polar surface area (TPSA) is 24.5 Å². The quantitative estimate of drug-likeness (QED) is 0.708. The van der Waals surface area contributed by atoms with Crippen LogP contribution in [0.1, 0.15) is 31.0 Å². The lowest BCUT2D eigenvalue weighted by Crippen LogP contribution is -2.17. The fourth-order valence-corrected chi connectivity index (χ4v) is 3.12. The van der Waals surface area contributed by atoms with Crippen molar-refractivity contribution in [3.05, 3.63) is 29.3 Å². The number of rotatable bonds is 9. The molecule has 0 aliphatic heterocycles. The Labute approximate surface area is 128 Å². The van der Waals surface area contributed by atoms with Crippen LogP contribution in [-0.2, 0) is 5.75 Å². The Morgan fingerprint density at radius 2 is 2.10 bits per heavy atom. The molecular weight excluding hydrogens is 268 g/mol. The van der Waals surface area contributed by atoms with Crippen LogP contribution < -0.4 is 10.1 Å². The molecule has 3 nitrogen and oxygen atoms in total. The SMILES string of the molecule is CCNC(C)c1ccc(OC)c(CSCCN(C)C)c1. The molecule has 114 valence electrons. The largest absolute Gasteiger partial charge is 0.496 e. The Kier molecular flexibility index (Phi) is 8.04. The van der Waals surface area contributed by atoms with E-state index in [-0.39, 0.29) is 0 Å². The molecule has 0 fully saturated rings. The summed E-state index contributed by atoms with van der Waals surface area (Å²) >= 11 is 1.96. The molecule has 0 aromatic heterocycles. The van der Waals surface area contributed by atoms with Crippen molar-refractivity contribution in [2.24, 2.45) is 0 Å². The lowest BCUT2D eigenvalue weighted by Gasteiger charge is -2.16. The van der Waals surface area contributed by atoms with Crippen molar-refractivity contribution in [1.82, 2.24) is 10.2 Å². The Balaban J connectivity index is 2.68. The third kappa shape index (κ3) is 5.73. The summed E-state index contributed by atoms with van der Waals surface area (Å²) in [6, 6.07) is 6.90. The van der Waals surface area contributed by atoms with Gasteiger partial charge < -0.3 is 15.0 Å². The second-order valence-corrected chi connectivity index (χ2v) is 6.31. The number of benzene rings is 1. The van der Waals surface area contributed by atoms with E-state index in [9.17, 15) is 0 Å². The molecule has 0 aliphatic carbocycles. The fraction of sp³-hybridized carbons (Fsp3) is 0.625. The molecular formula is C16H28N2OS. The molecule has 1 unspecified atom stereocenters. The van der Waals surface area contributed by atoms with Gasteiger partial charge in [0.05, 0.1) is 7.11 Å². The van der Waals surface area contributed by atoms with E-state index in [1.165, 1.54) is 11.1 Å². The van der Waals surface area contributed by atoms with Crippen molar-refractivity contribution in [3.63, 3.8) is 0 Å². The molecule has 0 heterocycles. The summed E-state index contributed by atoms with van der Waals surface area (Å²) in [4.78, 5) is 2.22. The molecule has 0 saturated carbocycles. The maximum atomic E-state index is 5.47. The second kappa shape index (κ2) is 9.27. The van der Waals surface area contributed by atoms with Crippen LogP contribution in [-0.4, -0.2) is 44.9 Å². The first-order chi connectivity index (χ1) is 9.58. The predicted octanol–water partition coefficient (Wildman–Crippen LogP) is 3.16. The highest BCUT2D eigenvalue weighted by Gasteiger charge is 2.09. The highest BCUT2D eigenvalue weighted by atomic mass is 32.2. The Morgan fingerprint density at radius 1 is 1.35 bits per heavy atom. The minimum absolute atomic E-state index is 0.386. The molecule has 1 N–H and O–H groups in total. The van der Waals surface area contributed by atoms with Gasteiger partial charge in [-0.05, 0) is 45.3 Å². The summed E-state index contributed by atoms with van der Waals surface area (Å²) in [5.74, 6) is 3.14. The highest BCUT2D eigenvalue weighted by molar-refractivity contribution is 7.98. The van der Waals surface area contributed by atoms with Gasteiger partial charge in [0.1, 0.15) is 5.75 Å². The summed E-state index contributed by atoms with van der Waals surface area (Å²) in [5.41, 5.74) is 2.62. The summed E-state index contributed by atoms with van der Waals surface area (Å²) < 4.78 is 5.47. The fourth-order valence-electron chi connectivity index (χ4n) is 2.03. The number of hydrogen-bond donors (Lipinski definition) is 1. The summed E-state index contributed by atoms with van der Waals surface area (Å²) in [5, 5.41) is 3.45. The minimum Gasteiger partial charge on any atom is -0.496 e. The third-order valence-corrected chi connectivity index (χ3v) is 4.24. The van der Waals surface area contributed by atoms with E-state index in [0.717, 1.165) is 30.3 Å². The van der Waals surface area contributed by atoms with Crippen LogP contribution in [0.25, 0.3) is 0 Å². The summed E-state index contributed by atoms with van der Waals surface area (Å²) in [6.07, 6.45) is 0. The van der Waals surface area contributed by atoms with Gasteiger partial charge >= 0.3 is 0 Å². The summed E-state index contributed by atoms with van der Waals surface area (Å²) in [6.45, 7) is 6.44. The standard InChI is InChI=1S/C16H28N2OS/c1-6-17-13(2)14-7-8-16(19-5)15(11-14)12-20-10-9-18(3)4/h7-8,11,13,17H,6,9-10,12H2,1-5H3. The van der Waals surface area contributed by atoms with Crippen molar-refractivity contribution in [2.75, 3.05) is 40.0 Å². The maximum absolute atomic E-state index is 5.47. The average Bonchev–Trinajstić information content (AvgIpc) is 2.43. The van der Waals surface area contributed by atoms with Gasteiger partial charge in [0, 0.05) is 29.7 Å². The van der Waals surface area contributed by atoms with Crippen LogP contribution in [0.15, 0.2) is 18.2 Å². The van der Waals surface area contributed by atoms with Gasteiger partial charge in [0.2, 0.25) is 0 Å². The Bertz CT molecular complexity index is 396. The average molecular weight is 296 g/mol. The van der Waals surface area contributed by atoms with Crippen LogP contribution in [0.4, 0.5) is 0 Å².